The number of hydrogen-bond donors (Lipinski definition) is 0. The van der Waals surface area contributed by atoms with E-state index in [1.807, 2.05) is 11.8 Å². The standard InChI is InChI=1S/C14H23N3O2/c1-10-13(19-11(2)15-10)14(18)17-8-6-5-7-12(9-17)16(3)4/h12H,5-9H2,1-4H3/t12-/m0/s1. The van der Waals surface area contributed by atoms with Gasteiger partial charge in [-0.2, -0.15) is 0 Å². The van der Waals surface area contributed by atoms with Gasteiger partial charge in [0.15, 0.2) is 5.89 Å². The van der Waals surface area contributed by atoms with E-state index < -0.39 is 0 Å². The van der Waals surface area contributed by atoms with E-state index in [0.29, 0.717) is 23.4 Å². The average Bonchev–Trinajstić information content (AvgIpc) is 2.57. The Hall–Kier alpha value is -1.36. The van der Waals surface area contributed by atoms with Gasteiger partial charge in [-0.15, -0.1) is 0 Å². The van der Waals surface area contributed by atoms with Gasteiger partial charge in [-0.25, -0.2) is 4.98 Å². The van der Waals surface area contributed by atoms with Gasteiger partial charge in [0.25, 0.3) is 5.91 Å². The second kappa shape index (κ2) is 5.74. The lowest BCUT2D eigenvalue weighted by Crippen LogP contribution is -2.42. The van der Waals surface area contributed by atoms with Gasteiger partial charge in [0, 0.05) is 26.1 Å². The Balaban J connectivity index is 2.15. The van der Waals surface area contributed by atoms with Gasteiger partial charge in [-0.05, 0) is 33.9 Å². The third-order valence-corrected chi connectivity index (χ3v) is 3.76. The fourth-order valence-electron chi connectivity index (χ4n) is 2.60. The van der Waals surface area contributed by atoms with E-state index >= 15 is 0 Å². The number of amides is 1. The van der Waals surface area contributed by atoms with Crippen LogP contribution in [0.15, 0.2) is 4.42 Å². The molecule has 1 fully saturated rings. The van der Waals surface area contributed by atoms with E-state index in [0.717, 1.165) is 25.9 Å². The van der Waals surface area contributed by atoms with Gasteiger partial charge < -0.3 is 14.2 Å². The summed E-state index contributed by atoms with van der Waals surface area (Å²) in [6.45, 7) is 5.17. The minimum Gasteiger partial charge on any atom is -0.436 e. The third-order valence-electron chi connectivity index (χ3n) is 3.76. The van der Waals surface area contributed by atoms with Gasteiger partial charge in [0.2, 0.25) is 5.76 Å². The molecule has 19 heavy (non-hydrogen) atoms. The molecular formula is C14H23N3O2. The second-order valence-electron chi connectivity index (χ2n) is 5.51. The molecule has 1 aliphatic rings. The van der Waals surface area contributed by atoms with Crippen LogP contribution in [0.2, 0.25) is 0 Å². The molecular weight excluding hydrogens is 242 g/mol. The molecule has 0 unspecified atom stereocenters. The Bertz CT molecular complexity index is 454. The Kier molecular flexibility index (Phi) is 4.24. The van der Waals surface area contributed by atoms with E-state index in [1.54, 1.807) is 6.92 Å². The first-order valence-electron chi connectivity index (χ1n) is 6.88. The molecule has 0 radical (unpaired) electrons. The highest BCUT2D eigenvalue weighted by Gasteiger charge is 2.27. The maximum Gasteiger partial charge on any atom is 0.291 e. The van der Waals surface area contributed by atoms with E-state index in [1.165, 1.54) is 6.42 Å². The van der Waals surface area contributed by atoms with Crippen LogP contribution in [0.1, 0.15) is 41.4 Å². The first kappa shape index (κ1) is 14.1. The molecule has 1 aromatic rings. The van der Waals surface area contributed by atoms with Crippen molar-refractivity contribution in [3.63, 3.8) is 0 Å². The molecule has 0 saturated carbocycles. The predicted molar refractivity (Wildman–Crippen MR) is 73.2 cm³/mol. The van der Waals surface area contributed by atoms with Crippen LogP contribution in [0, 0.1) is 13.8 Å². The molecule has 5 heteroatoms. The number of likely N-dealkylation sites (tertiary alicyclic amines) is 1. The lowest BCUT2D eigenvalue weighted by atomic mass is 10.1. The highest BCUT2D eigenvalue weighted by molar-refractivity contribution is 5.92. The number of rotatable bonds is 2. The highest BCUT2D eigenvalue weighted by Crippen LogP contribution is 2.18. The van der Waals surface area contributed by atoms with Gasteiger partial charge in [-0.3, -0.25) is 4.79 Å². The molecule has 5 nitrogen and oxygen atoms in total. The number of aryl methyl sites for hydroxylation is 2. The molecule has 0 N–H and O–H groups in total. The summed E-state index contributed by atoms with van der Waals surface area (Å²) in [5.74, 6) is 0.934. The van der Waals surface area contributed by atoms with Crippen molar-refractivity contribution in [1.29, 1.82) is 0 Å². The molecule has 2 heterocycles. The third kappa shape index (κ3) is 3.15. The van der Waals surface area contributed by atoms with Gasteiger partial charge in [0.1, 0.15) is 0 Å². The van der Waals surface area contributed by atoms with Crippen molar-refractivity contribution in [3.05, 3.63) is 17.3 Å². The average molecular weight is 265 g/mol. The van der Waals surface area contributed by atoms with Crippen molar-refractivity contribution in [2.45, 2.75) is 39.2 Å². The maximum atomic E-state index is 12.5. The number of carbonyl (C=O) groups is 1. The van der Waals surface area contributed by atoms with Crippen LogP contribution < -0.4 is 0 Å². The van der Waals surface area contributed by atoms with Crippen molar-refractivity contribution >= 4 is 5.91 Å². The molecule has 0 bridgehead atoms. The summed E-state index contributed by atoms with van der Waals surface area (Å²) in [5, 5.41) is 0. The first-order valence-corrected chi connectivity index (χ1v) is 6.88. The summed E-state index contributed by atoms with van der Waals surface area (Å²) in [6.07, 6.45) is 3.37. The molecule has 2 rings (SSSR count). The first-order chi connectivity index (χ1) is 8.99. The smallest absolute Gasteiger partial charge is 0.291 e. The van der Waals surface area contributed by atoms with E-state index in [2.05, 4.69) is 24.0 Å². The normalized spacial score (nSPS) is 20.7. The summed E-state index contributed by atoms with van der Waals surface area (Å²) in [6, 6.07) is 0.427. The molecule has 1 aliphatic heterocycles. The zero-order chi connectivity index (χ0) is 14.0. The van der Waals surface area contributed by atoms with Crippen LogP contribution in [-0.2, 0) is 0 Å². The van der Waals surface area contributed by atoms with E-state index in [9.17, 15) is 4.79 Å². The monoisotopic (exact) mass is 265 g/mol. The summed E-state index contributed by atoms with van der Waals surface area (Å²) in [7, 11) is 4.14. The largest absolute Gasteiger partial charge is 0.436 e. The second-order valence-corrected chi connectivity index (χ2v) is 5.51. The minimum absolute atomic E-state index is 0.0214. The van der Waals surface area contributed by atoms with Gasteiger partial charge >= 0.3 is 0 Å². The molecule has 106 valence electrons. The van der Waals surface area contributed by atoms with Crippen LogP contribution in [0.5, 0.6) is 0 Å². The predicted octanol–water partition coefficient (Wildman–Crippen LogP) is 1.85. The molecule has 1 aromatic heterocycles. The van der Waals surface area contributed by atoms with Crippen LogP contribution in [0.25, 0.3) is 0 Å². The molecule has 0 aliphatic carbocycles. The summed E-state index contributed by atoms with van der Waals surface area (Å²) in [5.41, 5.74) is 0.688. The Morgan fingerprint density at radius 1 is 1.37 bits per heavy atom. The lowest BCUT2D eigenvalue weighted by Gasteiger charge is -2.28. The van der Waals surface area contributed by atoms with Crippen molar-refractivity contribution in [2.24, 2.45) is 0 Å². The quantitative estimate of drug-likeness (QED) is 0.819. The van der Waals surface area contributed by atoms with Crippen LogP contribution in [0.4, 0.5) is 0 Å². The van der Waals surface area contributed by atoms with Crippen LogP contribution in [-0.4, -0.2) is 53.9 Å². The topological polar surface area (TPSA) is 49.6 Å². The molecule has 1 saturated heterocycles. The Morgan fingerprint density at radius 2 is 2.11 bits per heavy atom. The Morgan fingerprint density at radius 3 is 2.68 bits per heavy atom. The number of nitrogens with zero attached hydrogens (tertiary/aromatic N) is 3. The zero-order valence-corrected chi connectivity index (χ0v) is 12.3. The van der Waals surface area contributed by atoms with E-state index in [4.69, 9.17) is 4.42 Å². The van der Waals surface area contributed by atoms with Crippen LogP contribution >= 0.6 is 0 Å². The zero-order valence-electron chi connectivity index (χ0n) is 12.3. The number of carbonyl (C=O) groups excluding carboxylic acids is 1. The van der Waals surface area contributed by atoms with E-state index in [-0.39, 0.29) is 5.91 Å². The van der Waals surface area contributed by atoms with Crippen molar-refractivity contribution in [1.82, 2.24) is 14.8 Å². The molecule has 1 atom stereocenters. The van der Waals surface area contributed by atoms with Crippen molar-refractivity contribution < 1.29 is 9.21 Å². The summed E-state index contributed by atoms with van der Waals surface area (Å²) < 4.78 is 5.45. The SMILES string of the molecule is Cc1nc(C)c(C(=O)N2CCCC[C@H](N(C)C)C2)o1. The van der Waals surface area contributed by atoms with Crippen molar-refractivity contribution in [2.75, 3.05) is 27.2 Å². The fraction of sp³-hybridized carbons (Fsp3) is 0.714. The lowest BCUT2D eigenvalue weighted by molar-refractivity contribution is 0.0691. The Labute approximate surface area is 114 Å². The van der Waals surface area contributed by atoms with Crippen LogP contribution in [0.3, 0.4) is 0 Å². The molecule has 1 amide bonds. The number of likely N-dealkylation sites (N-methyl/N-ethyl adjacent to an activating group) is 1. The fourth-order valence-corrected chi connectivity index (χ4v) is 2.60. The summed E-state index contributed by atoms with van der Waals surface area (Å²) in [4.78, 5) is 20.8. The maximum absolute atomic E-state index is 12.5. The molecule has 0 aromatic carbocycles. The van der Waals surface area contributed by atoms with Gasteiger partial charge in [0.05, 0.1) is 5.69 Å². The number of oxazole rings is 1. The number of hydrogen-bond acceptors (Lipinski definition) is 4. The summed E-state index contributed by atoms with van der Waals surface area (Å²) >= 11 is 0. The van der Waals surface area contributed by atoms with Crippen molar-refractivity contribution in [3.8, 4) is 0 Å². The minimum atomic E-state index is -0.0214. The van der Waals surface area contributed by atoms with Gasteiger partial charge in [-0.1, -0.05) is 6.42 Å². The number of aromatic nitrogens is 1. The molecule has 0 spiro atoms. The highest BCUT2D eigenvalue weighted by atomic mass is 16.4.